The monoisotopic (exact) mass is 286 g/mol. The predicted octanol–water partition coefficient (Wildman–Crippen LogP) is 2.70. The van der Waals surface area contributed by atoms with Gasteiger partial charge in [0.15, 0.2) is 0 Å². The number of amides is 1. The number of nitrogens with zero attached hydrogens (tertiary/aromatic N) is 1. The normalized spacial score (nSPS) is 20.9. The number of nitrogens with one attached hydrogen (secondary N) is 1. The maximum atomic E-state index is 12.1. The molecule has 1 saturated heterocycles. The highest BCUT2D eigenvalue weighted by atomic mass is 35.5. The number of benzene rings is 1. The molecule has 1 aromatic rings. The van der Waals surface area contributed by atoms with Crippen molar-refractivity contribution in [3.63, 3.8) is 0 Å². The number of carbonyl (C=O) groups is 1. The molecule has 1 heterocycles. The van der Waals surface area contributed by atoms with Gasteiger partial charge in [-0.3, -0.25) is 4.79 Å². The Hall–Kier alpha value is -0.770. The first-order valence-corrected chi connectivity index (χ1v) is 6.79. The van der Waals surface area contributed by atoms with E-state index in [2.05, 4.69) is 5.32 Å². The number of rotatable bonds is 2. The van der Waals surface area contributed by atoms with Crippen molar-refractivity contribution >= 4 is 29.1 Å². The van der Waals surface area contributed by atoms with Gasteiger partial charge >= 0.3 is 0 Å². The molecule has 1 aromatic carbocycles. The molecule has 0 spiro atoms. The van der Waals surface area contributed by atoms with Gasteiger partial charge < -0.3 is 10.2 Å². The second-order valence-corrected chi connectivity index (χ2v) is 5.37. The molecule has 1 amide bonds. The standard InChI is InChI=1S/C13H16Cl2N2O/c1-9-13(18)17(6-2-5-16-9)8-10-3-4-11(14)7-12(10)15/h3-4,7,9,16H,2,5-6,8H2,1H3. The zero-order chi connectivity index (χ0) is 13.1. The Kier molecular flexibility index (Phi) is 4.49. The van der Waals surface area contributed by atoms with Gasteiger partial charge in [-0.1, -0.05) is 29.3 Å². The minimum absolute atomic E-state index is 0.124. The summed E-state index contributed by atoms with van der Waals surface area (Å²) in [7, 11) is 0. The highest BCUT2D eigenvalue weighted by molar-refractivity contribution is 6.35. The van der Waals surface area contributed by atoms with E-state index in [9.17, 15) is 4.79 Å². The van der Waals surface area contributed by atoms with Crippen LogP contribution < -0.4 is 5.32 Å². The lowest BCUT2D eigenvalue weighted by molar-refractivity contribution is -0.132. The van der Waals surface area contributed by atoms with Crippen LogP contribution in [0.1, 0.15) is 18.9 Å². The summed E-state index contributed by atoms with van der Waals surface area (Å²) in [5.74, 6) is 0.124. The Morgan fingerprint density at radius 3 is 2.94 bits per heavy atom. The molecule has 1 N–H and O–H groups in total. The lowest BCUT2D eigenvalue weighted by Gasteiger charge is -2.23. The topological polar surface area (TPSA) is 32.3 Å². The fourth-order valence-corrected chi connectivity index (χ4v) is 2.54. The molecule has 0 aliphatic carbocycles. The summed E-state index contributed by atoms with van der Waals surface area (Å²) in [4.78, 5) is 14.0. The van der Waals surface area contributed by atoms with Gasteiger partial charge in [0.2, 0.25) is 5.91 Å². The van der Waals surface area contributed by atoms with Gasteiger partial charge in [0.25, 0.3) is 0 Å². The summed E-state index contributed by atoms with van der Waals surface area (Å²) in [6.45, 7) is 4.07. The molecule has 0 saturated carbocycles. The largest absolute Gasteiger partial charge is 0.337 e. The smallest absolute Gasteiger partial charge is 0.239 e. The number of hydrogen-bond donors (Lipinski definition) is 1. The second kappa shape index (κ2) is 5.91. The molecule has 18 heavy (non-hydrogen) atoms. The van der Waals surface area contributed by atoms with Crippen molar-refractivity contribution in [2.75, 3.05) is 13.1 Å². The van der Waals surface area contributed by atoms with Crippen molar-refractivity contribution in [1.29, 1.82) is 0 Å². The molecule has 1 atom stereocenters. The lowest BCUT2D eigenvalue weighted by atomic mass is 10.2. The maximum absolute atomic E-state index is 12.1. The average Bonchev–Trinajstić information content (AvgIpc) is 2.48. The first kappa shape index (κ1) is 13.7. The van der Waals surface area contributed by atoms with Crippen LogP contribution in [0.5, 0.6) is 0 Å². The van der Waals surface area contributed by atoms with Crippen molar-refractivity contribution in [3.8, 4) is 0 Å². The van der Waals surface area contributed by atoms with Crippen LogP contribution in [-0.4, -0.2) is 29.9 Å². The fraction of sp³-hybridized carbons (Fsp3) is 0.462. The van der Waals surface area contributed by atoms with Crippen LogP contribution in [-0.2, 0) is 11.3 Å². The van der Waals surface area contributed by atoms with Crippen molar-refractivity contribution in [1.82, 2.24) is 10.2 Å². The first-order valence-electron chi connectivity index (χ1n) is 6.04. The van der Waals surface area contributed by atoms with Crippen molar-refractivity contribution < 1.29 is 4.79 Å². The van der Waals surface area contributed by atoms with Gasteiger partial charge in [0, 0.05) is 23.1 Å². The molecular formula is C13H16Cl2N2O. The van der Waals surface area contributed by atoms with E-state index in [-0.39, 0.29) is 11.9 Å². The van der Waals surface area contributed by atoms with E-state index in [0.717, 1.165) is 25.1 Å². The number of hydrogen-bond acceptors (Lipinski definition) is 2. The minimum Gasteiger partial charge on any atom is -0.337 e. The van der Waals surface area contributed by atoms with E-state index in [1.165, 1.54) is 0 Å². The predicted molar refractivity (Wildman–Crippen MR) is 74.0 cm³/mol. The molecule has 5 heteroatoms. The molecule has 1 unspecified atom stereocenters. The Morgan fingerprint density at radius 1 is 1.44 bits per heavy atom. The number of carbonyl (C=O) groups excluding carboxylic acids is 1. The van der Waals surface area contributed by atoms with Crippen molar-refractivity contribution in [2.24, 2.45) is 0 Å². The van der Waals surface area contributed by atoms with Crippen molar-refractivity contribution in [3.05, 3.63) is 33.8 Å². The molecule has 2 rings (SSSR count). The van der Waals surface area contributed by atoms with Gasteiger partial charge in [-0.05, 0) is 37.6 Å². The number of halogens is 2. The lowest BCUT2D eigenvalue weighted by Crippen LogP contribution is -2.41. The van der Waals surface area contributed by atoms with E-state index in [1.807, 2.05) is 17.9 Å². The van der Waals surface area contributed by atoms with Gasteiger partial charge in [-0.2, -0.15) is 0 Å². The molecule has 98 valence electrons. The molecule has 1 aliphatic rings. The SMILES string of the molecule is CC1NCCCN(Cc2ccc(Cl)cc2Cl)C1=O. The van der Waals surface area contributed by atoms with E-state index >= 15 is 0 Å². The molecule has 3 nitrogen and oxygen atoms in total. The highest BCUT2D eigenvalue weighted by Crippen LogP contribution is 2.22. The van der Waals surface area contributed by atoms with Gasteiger partial charge in [-0.25, -0.2) is 0 Å². The third kappa shape index (κ3) is 3.16. The summed E-state index contributed by atoms with van der Waals surface area (Å²) in [5.41, 5.74) is 0.934. The first-order chi connectivity index (χ1) is 8.58. The molecular weight excluding hydrogens is 271 g/mol. The van der Waals surface area contributed by atoms with Crippen LogP contribution in [0.4, 0.5) is 0 Å². The van der Waals surface area contributed by atoms with Gasteiger partial charge in [-0.15, -0.1) is 0 Å². The Labute approximate surface area is 117 Å². The average molecular weight is 287 g/mol. The zero-order valence-corrected chi connectivity index (χ0v) is 11.8. The van der Waals surface area contributed by atoms with Gasteiger partial charge in [0.05, 0.1) is 6.04 Å². The van der Waals surface area contributed by atoms with Crippen LogP contribution >= 0.6 is 23.2 Å². The van der Waals surface area contributed by atoms with Crippen LogP contribution in [0.3, 0.4) is 0 Å². The molecule has 0 radical (unpaired) electrons. The Balaban J connectivity index is 2.14. The Bertz CT molecular complexity index is 451. The summed E-state index contributed by atoms with van der Waals surface area (Å²) in [6, 6.07) is 5.26. The third-order valence-corrected chi connectivity index (χ3v) is 3.70. The minimum atomic E-state index is -0.126. The summed E-state index contributed by atoms with van der Waals surface area (Å²) < 4.78 is 0. The summed E-state index contributed by atoms with van der Waals surface area (Å²) in [6.07, 6.45) is 0.960. The van der Waals surface area contributed by atoms with E-state index < -0.39 is 0 Å². The van der Waals surface area contributed by atoms with Crippen molar-refractivity contribution in [2.45, 2.75) is 25.9 Å². The van der Waals surface area contributed by atoms with Crippen LogP contribution in [0, 0.1) is 0 Å². The van der Waals surface area contributed by atoms with Crippen LogP contribution in [0.25, 0.3) is 0 Å². The summed E-state index contributed by atoms with van der Waals surface area (Å²) in [5, 5.41) is 4.41. The summed E-state index contributed by atoms with van der Waals surface area (Å²) >= 11 is 12.0. The highest BCUT2D eigenvalue weighted by Gasteiger charge is 2.23. The molecule has 0 aromatic heterocycles. The van der Waals surface area contributed by atoms with E-state index in [1.54, 1.807) is 12.1 Å². The van der Waals surface area contributed by atoms with E-state index in [4.69, 9.17) is 23.2 Å². The maximum Gasteiger partial charge on any atom is 0.239 e. The Morgan fingerprint density at radius 2 is 2.22 bits per heavy atom. The fourth-order valence-electron chi connectivity index (χ4n) is 2.07. The van der Waals surface area contributed by atoms with Crippen LogP contribution in [0.2, 0.25) is 10.0 Å². The van der Waals surface area contributed by atoms with E-state index in [0.29, 0.717) is 16.6 Å². The quantitative estimate of drug-likeness (QED) is 0.907. The molecule has 1 aliphatic heterocycles. The zero-order valence-electron chi connectivity index (χ0n) is 10.2. The third-order valence-electron chi connectivity index (χ3n) is 3.11. The molecule has 1 fully saturated rings. The van der Waals surface area contributed by atoms with Crippen LogP contribution in [0.15, 0.2) is 18.2 Å². The molecule has 0 bridgehead atoms. The van der Waals surface area contributed by atoms with Gasteiger partial charge in [0.1, 0.15) is 0 Å². The second-order valence-electron chi connectivity index (χ2n) is 4.52.